The molecule has 1 aromatic carbocycles. The van der Waals surface area contributed by atoms with Crippen LogP contribution in [0.4, 0.5) is 10.5 Å². The van der Waals surface area contributed by atoms with E-state index in [-0.39, 0.29) is 12.5 Å². The minimum absolute atomic E-state index is 0.0688. The van der Waals surface area contributed by atoms with Crippen molar-refractivity contribution in [3.05, 3.63) is 30.3 Å². The molecule has 1 aliphatic heterocycles. The Morgan fingerprint density at radius 3 is 2.50 bits per heavy atom. The molecule has 1 heterocycles. The summed E-state index contributed by atoms with van der Waals surface area (Å²) >= 11 is 0. The number of benzene rings is 1. The lowest BCUT2D eigenvalue weighted by Crippen LogP contribution is -2.38. The second kappa shape index (κ2) is 3.37. The van der Waals surface area contributed by atoms with Crippen LogP contribution in [-0.4, -0.2) is 18.5 Å². The highest BCUT2D eigenvalue weighted by molar-refractivity contribution is 6.16. The first-order valence-corrected chi connectivity index (χ1v) is 4.08. The third-order valence-electron chi connectivity index (χ3n) is 1.82. The van der Waals surface area contributed by atoms with Crippen LogP contribution < -0.4 is 4.90 Å². The van der Waals surface area contributed by atoms with E-state index in [1.807, 2.05) is 6.07 Å². The molecule has 0 radical (unpaired) electrons. The number of carbonyl (C=O) groups is 2. The van der Waals surface area contributed by atoms with E-state index in [1.165, 1.54) is 0 Å². The van der Waals surface area contributed by atoms with Gasteiger partial charge in [-0.3, -0.25) is 4.79 Å². The van der Waals surface area contributed by atoms with E-state index < -0.39 is 6.03 Å². The van der Waals surface area contributed by atoms with Crippen molar-refractivity contribution in [2.75, 3.05) is 11.4 Å². The van der Waals surface area contributed by atoms with Crippen LogP contribution in [0.5, 0.6) is 0 Å². The van der Waals surface area contributed by atoms with Crippen molar-refractivity contribution in [2.45, 2.75) is 0 Å². The molecule has 1 aromatic rings. The molecular weight excluding hydrogens is 182 g/mol. The van der Waals surface area contributed by atoms with Gasteiger partial charge in [-0.15, -0.1) is 0 Å². The number of hydrogen-bond acceptors (Lipinski definition) is 3. The molecule has 0 fully saturated rings. The first kappa shape index (κ1) is 8.55. The number of nitrogens with zero attached hydrogens (tertiary/aromatic N) is 3. The largest absolute Gasteiger partial charge is 0.373 e. The fourth-order valence-electron chi connectivity index (χ4n) is 1.21. The average Bonchev–Trinajstić information content (AvgIpc) is 2.19. The highest BCUT2D eigenvalue weighted by Gasteiger charge is 2.25. The summed E-state index contributed by atoms with van der Waals surface area (Å²) in [5.74, 6) is -0.351. The quantitative estimate of drug-likeness (QED) is 0.673. The van der Waals surface area contributed by atoms with Crippen molar-refractivity contribution in [3.8, 4) is 0 Å². The van der Waals surface area contributed by atoms with Crippen LogP contribution in [0.1, 0.15) is 0 Å². The lowest BCUT2D eigenvalue weighted by molar-refractivity contribution is -0.116. The monoisotopic (exact) mass is 189 g/mol. The number of imide groups is 1. The van der Waals surface area contributed by atoms with Gasteiger partial charge in [-0.1, -0.05) is 23.3 Å². The highest BCUT2D eigenvalue weighted by Crippen LogP contribution is 2.16. The van der Waals surface area contributed by atoms with Gasteiger partial charge in [0.25, 0.3) is 5.91 Å². The summed E-state index contributed by atoms with van der Waals surface area (Å²) in [7, 11) is 0. The van der Waals surface area contributed by atoms with Crippen molar-refractivity contribution in [2.24, 2.45) is 10.2 Å². The Balaban J connectivity index is 2.38. The smallest absolute Gasteiger partial charge is 0.272 e. The summed E-state index contributed by atoms with van der Waals surface area (Å²) in [5, 5.41) is 6.73. The summed E-state index contributed by atoms with van der Waals surface area (Å²) in [4.78, 5) is 23.6. The van der Waals surface area contributed by atoms with Crippen LogP contribution in [0, 0.1) is 0 Å². The van der Waals surface area contributed by atoms with Crippen LogP contribution in [-0.2, 0) is 4.79 Å². The van der Waals surface area contributed by atoms with Gasteiger partial charge < -0.3 is 0 Å². The first-order valence-electron chi connectivity index (χ1n) is 4.08. The van der Waals surface area contributed by atoms with Gasteiger partial charge in [-0.25, -0.2) is 9.69 Å². The Labute approximate surface area is 80.1 Å². The highest BCUT2D eigenvalue weighted by atomic mass is 16.2. The van der Waals surface area contributed by atoms with Gasteiger partial charge in [0.1, 0.15) is 6.54 Å². The fourth-order valence-corrected chi connectivity index (χ4v) is 1.21. The Morgan fingerprint density at radius 2 is 1.86 bits per heavy atom. The number of anilines is 1. The number of azo groups is 1. The van der Waals surface area contributed by atoms with Gasteiger partial charge in [-0.05, 0) is 12.1 Å². The molecule has 70 valence electrons. The first-order chi connectivity index (χ1) is 6.79. The van der Waals surface area contributed by atoms with Crippen LogP contribution in [0.2, 0.25) is 0 Å². The summed E-state index contributed by atoms with van der Waals surface area (Å²) in [5.41, 5.74) is 0.529. The Morgan fingerprint density at radius 1 is 1.14 bits per heavy atom. The van der Waals surface area contributed by atoms with Crippen LogP contribution >= 0.6 is 0 Å². The minimum atomic E-state index is -0.632. The molecule has 5 nitrogen and oxygen atoms in total. The van der Waals surface area contributed by atoms with Crippen molar-refractivity contribution in [3.63, 3.8) is 0 Å². The van der Waals surface area contributed by atoms with E-state index in [2.05, 4.69) is 10.2 Å². The number of hydrogen-bond donors (Lipinski definition) is 0. The van der Waals surface area contributed by atoms with Gasteiger partial charge >= 0.3 is 6.03 Å². The molecule has 0 aromatic heterocycles. The molecule has 3 amide bonds. The Bertz CT molecular complexity index is 400. The predicted molar refractivity (Wildman–Crippen MR) is 49.0 cm³/mol. The molecule has 0 saturated carbocycles. The number of rotatable bonds is 1. The third kappa shape index (κ3) is 1.39. The van der Waals surface area contributed by atoms with E-state index in [1.54, 1.807) is 24.3 Å². The molecule has 0 aliphatic carbocycles. The van der Waals surface area contributed by atoms with Crippen molar-refractivity contribution in [1.29, 1.82) is 0 Å². The van der Waals surface area contributed by atoms with E-state index in [4.69, 9.17) is 0 Å². The maximum Gasteiger partial charge on any atom is 0.373 e. The van der Waals surface area contributed by atoms with E-state index in [0.717, 1.165) is 4.90 Å². The van der Waals surface area contributed by atoms with Gasteiger partial charge in [0.15, 0.2) is 0 Å². The molecule has 0 bridgehead atoms. The number of urea groups is 1. The molecule has 0 saturated heterocycles. The van der Waals surface area contributed by atoms with Crippen molar-refractivity contribution >= 4 is 17.6 Å². The molecule has 2 rings (SSSR count). The second-order valence-corrected chi connectivity index (χ2v) is 2.75. The predicted octanol–water partition coefficient (Wildman–Crippen LogP) is 1.61. The second-order valence-electron chi connectivity index (χ2n) is 2.75. The zero-order chi connectivity index (χ0) is 9.97. The van der Waals surface area contributed by atoms with Gasteiger partial charge in [-0.2, -0.15) is 5.11 Å². The summed E-state index contributed by atoms with van der Waals surface area (Å²) in [6.45, 7) is -0.0688. The van der Waals surface area contributed by atoms with E-state index in [9.17, 15) is 9.59 Å². The molecule has 0 N–H and O–H groups in total. The van der Waals surface area contributed by atoms with Crippen molar-refractivity contribution in [1.82, 2.24) is 0 Å². The SMILES string of the molecule is O=C1CN=NC(=O)N1c1ccccc1. The number of para-hydroxylation sites is 1. The van der Waals surface area contributed by atoms with Crippen LogP contribution in [0.25, 0.3) is 0 Å². The summed E-state index contributed by atoms with van der Waals surface area (Å²) < 4.78 is 0. The maximum atomic E-state index is 11.4. The summed E-state index contributed by atoms with van der Waals surface area (Å²) in [6, 6.07) is 8.04. The molecular formula is C9H7N3O2. The van der Waals surface area contributed by atoms with Gasteiger partial charge in [0, 0.05) is 0 Å². The number of amides is 3. The lowest BCUT2D eigenvalue weighted by atomic mass is 10.3. The summed E-state index contributed by atoms with van der Waals surface area (Å²) in [6.07, 6.45) is 0. The van der Waals surface area contributed by atoms with Crippen LogP contribution in [0.3, 0.4) is 0 Å². The van der Waals surface area contributed by atoms with E-state index >= 15 is 0 Å². The van der Waals surface area contributed by atoms with Gasteiger partial charge in [0.2, 0.25) is 0 Å². The molecule has 14 heavy (non-hydrogen) atoms. The Kier molecular flexibility index (Phi) is 2.06. The third-order valence-corrected chi connectivity index (χ3v) is 1.82. The molecule has 0 spiro atoms. The molecule has 0 atom stereocenters. The van der Waals surface area contributed by atoms with E-state index in [0.29, 0.717) is 5.69 Å². The normalized spacial score (nSPS) is 16.1. The average molecular weight is 189 g/mol. The standard InChI is InChI=1S/C9H7N3O2/c13-8-6-10-11-9(14)12(8)7-4-2-1-3-5-7/h1-5H,6H2. The fraction of sp³-hybridized carbons (Fsp3) is 0.111. The van der Waals surface area contributed by atoms with Gasteiger partial charge in [0.05, 0.1) is 5.69 Å². The lowest BCUT2D eigenvalue weighted by Gasteiger charge is -2.19. The molecule has 5 heteroatoms. The minimum Gasteiger partial charge on any atom is -0.272 e. The van der Waals surface area contributed by atoms with Crippen molar-refractivity contribution < 1.29 is 9.59 Å². The molecule has 0 unspecified atom stereocenters. The molecule has 1 aliphatic rings. The zero-order valence-electron chi connectivity index (χ0n) is 7.25. The maximum absolute atomic E-state index is 11.4. The topological polar surface area (TPSA) is 62.1 Å². The Hall–Kier alpha value is -2.04. The zero-order valence-corrected chi connectivity index (χ0v) is 7.25. The van der Waals surface area contributed by atoms with Crippen LogP contribution in [0.15, 0.2) is 40.6 Å². The number of carbonyl (C=O) groups excluding carboxylic acids is 2.